The molecule has 6 heteroatoms. The van der Waals surface area contributed by atoms with Crippen molar-refractivity contribution in [2.75, 3.05) is 12.8 Å². The van der Waals surface area contributed by atoms with Gasteiger partial charge in [0, 0.05) is 24.8 Å². The average molecular weight is 323 g/mol. The van der Waals surface area contributed by atoms with Crippen molar-refractivity contribution in [2.24, 2.45) is 0 Å². The minimum Gasteiger partial charge on any atom is -0.444 e. The molecule has 0 saturated carbocycles. The molecule has 0 spiro atoms. The summed E-state index contributed by atoms with van der Waals surface area (Å²) in [6, 6.07) is 6.37. The fourth-order valence-electron chi connectivity index (χ4n) is 1.49. The van der Waals surface area contributed by atoms with E-state index in [1.54, 1.807) is 32.9 Å². The molecule has 0 saturated heterocycles. The molecule has 0 aliphatic heterocycles. The second-order valence-electron chi connectivity index (χ2n) is 5.78. The SMILES string of the molecule is CC(C)(C)OC(=O)NCCC#Cc1ccc(S(C)(=O)=O)cc1. The van der Waals surface area contributed by atoms with Crippen LogP contribution < -0.4 is 5.32 Å². The lowest BCUT2D eigenvalue weighted by molar-refractivity contribution is 0.0529. The van der Waals surface area contributed by atoms with Crippen LogP contribution in [0.2, 0.25) is 0 Å². The molecule has 0 heterocycles. The average Bonchev–Trinajstić information content (AvgIpc) is 2.35. The standard InChI is InChI=1S/C16H21NO4S/c1-16(2,3)21-15(18)17-12-6-5-7-13-8-10-14(11-9-13)22(4,19)20/h8-11H,6,12H2,1-4H3,(H,17,18). The lowest BCUT2D eigenvalue weighted by atomic mass is 10.2. The van der Waals surface area contributed by atoms with Crippen LogP contribution in [0.4, 0.5) is 4.79 Å². The maximum atomic E-state index is 11.4. The summed E-state index contributed by atoms with van der Waals surface area (Å²) in [5.74, 6) is 5.82. The van der Waals surface area contributed by atoms with E-state index >= 15 is 0 Å². The highest BCUT2D eigenvalue weighted by Crippen LogP contribution is 2.09. The number of hydrogen-bond acceptors (Lipinski definition) is 4. The summed E-state index contributed by atoms with van der Waals surface area (Å²) >= 11 is 0. The molecule has 1 aromatic rings. The fourth-order valence-corrected chi connectivity index (χ4v) is 2.12. The molecule has 22 heavy (non-hydrogen) atoms. The Morgan fingerprint density at radius 3 is 2.32 bits per heavy atom. The molecule has 0 radical (unpaired) electrons. The van der Waals surface area contributed by atoms with Crippen LogP contribution in [0.3, 0.4) is 0 Å². The van der Waals surface area contributed by atoms with Crippen LogP contribution in [0.1, 0.15) is 32.8 Å². The van der Waals surface area contributed by atoms with Crippen LogP contribution in [-0.4, -0.2) is 32.9 Å². The number of amides is 1. The van der Waals surface area contributed by atoms with Gasteiger partial charge in [-0.15, -0.1) is 0 Å². The lowest BCUT2D eigenvalue weighted by Gasteiger charge is -2.19. The molecule has 1 aromatic carbocycles. The van der Waals surface area contributed by atoms with Crippen molar-refractivity contribution < 1.29 is 17.9 Å². The molecule has 1 N–H and O–H groups in total. The summed E-state index contributed by atoms with van der Waals surface area (Å²) in [5.41, 5.74) is 0.210. The third-order valence-corrected chi connectivity index (χ3v) is 3.56. The van der Waals surface area contributed by atoms with E-state index in [1.807, 2.05) is 0 Å². The molecule has 0 atom stereocenters. The highest BCUT2D eigenvalue weighted by Gasteiger charge is 2.15. The largest absolute Gasteiger partial charge is 0.444 e. The Balaban J connectivity index is 2.44. The Morgan fingerprint density at radius 1 is 1.23 bits per heavy atom. The number of nitrogens with one attached hydrogen (secondary N) is 1. The first-order valence-electron chi connectivity index (χ1n) is 6.84. The van der Waals surface area contributed by atoms with Crippen molar-refractivity contribution >= 4 is 15.9 Å². The third kappa shape index (κ3) is 7.14. The second kappa shape index (κ2) is 7.32. The van der Waals surface area contributed by atoms with E-state index in [2.05, 4.69) is 17.2 Å². The van der Waals surface area contributed by atoms with Gasteiger partial charge in [-0.05, 0) is 45.0 Å². The third-order valence-electron chi connectivity index (χ3n) is 2.43. The number of benzene rings is 1. The number of carbonyl (C=O) groups is 1. The Kier molecular flexibility index (Phi) is 6.01. The fraction of sp³-hybridized carbons (Fsp3) is 0.438. The van der Waals surface area contributed by atoms with Gasteiger partial charge in [0.25, 0.3) is 0 Å². The van der Waals surface area contributed by atoms with Gasteiger partial charge in [0.2, 0.25) is 0 Å². The molecular weight excluding hydrogens is 302 g/mol. The molecule has 120 valence electrons. The Labute approximate surface area is 132 Å². The monoisotopic (exact) mass is 323 g/mol. The van der Waals surface area contributed by atoms with E-state index in [4.69, 9.17) is 4.74 Å². The maximum absolute atomic E-state index is 11.4. The smallest absolute Gasteiger partial charge is 0.407 e. The van der Waals surface area contributed by atoms with Crippen LogP contribution >= 0.6 is 0 Å². The van der Waals surface area contributed by atoms with Gasteiger partial charge in [0.1, 0.15) is 5.60 Å². The van der Waals surface area contributed by atoms with Crippen LogP contribution in [0.15, 0.2) is 29.2 Å². The lowest BCUT2D eigenvalue weighted by Crippen LogP contribution is -2.32. The molecule has 0 fully saturated rings. The van der Waals surface area contributed by atoms with Crippen molar-refractivity contribution in [3.8, 4) is 11.8 Å². The van der Waals surface area contributed by atoms with Crippen LogP contribution in [0.5, 0.6) is 0 Å². The highest BCUT2D eigenvalue weighted by atomic mass is 32.2. The summed E-state index contributed by atoms with van der Waals surface area (Å²) in [7, 11) is -3.18. The van der Waals surface area contributed by atoms with E-state index in [1.165, 1.54) is 12.1 Å². The van der Waals surface area contributed by atoms with Crippen LogP contribution in [-0.2, 0) is 14.6 Å². The van der Waals surface area contributed by atoms with E-state index in [9.17, 15) is 13.2 Å². The normalized spacial score (nSPS) is 11.3. The summed E-state index contributed by atoms with van der Waals surface area (Å²) in [5, 5.41) is 2.61. The molecule has 0 unspecified atom stereocenters. The Bertz CT molecular complexity index is 674. The zero-order chi connectivity index (χ0) is 16.8. The van der Waals surface area contributed by atoms with E-state index < -0.39 is 21.5 Å². The van der Waals surface area contributed by atoms with Gasteiger partial charge in [0.05, 0.1) is 4.90 Å². The number of rotatable bonds is 3. The quantitative estimate of drug-likeness (QED) is 0.684. The van der Waals surface area contributed by atoms with Gasteiger partial charge < -0.3 is 10.1 Å². The zero-order valence-corrected chi connectivity index (χ0v) is 14.1. The predicted molar refractivity (Wildman–Crippen MR) is 85.3 cm³/mol. The van der Waals surface area contributed by atoms with Gasteiger partial charge in [-0.1, -0.05) is 11.8 Å². The van der Waals surface area contributed by atoms with E-state index in [-0.39, 0.29) is 4.90 Å². The molecule has 1 amide bonds. The molecule has 0 aliphatic carbocycles. The minimum atomic E-state index is -3.18. The maximum Gasteiger partial charge on any atom is 0.407 e. The van der Waals surface area contributed by atoms with Gasteiger partial charge in [-0.2, -0.15) is 0 Å². The first kappa shape index (κ1) is 18.1. The second-order valence-corrected chi connectivity index (χ2v) is 7.79. The molecular formula is C16H21NO4S. The van der Waals surface area contributed by atoms with Crippen molar-refractivity contribution in [3.05, 3.63) is 29.8 Å². The Hall–Kier alpha value is -2.00. The zero-order valence-electron chi connectivity index (χ0n) is 13.3. The van der Waals surface area contributed by atoms with E-state index in [0.717, 1.165) is 11.8 Å². The number of ether oxygens (including phenoxy) is 1. The summed E-state index contributed by atoms with van der Waals surface area (Å²) in [6.45, 7) is 5.79. The van der Waals surface area contributed by atoms with E-state index in [0.29, 0.717) is 13.0 Å². The summed E-state index contributed by atoms with van der Waals surface area (Å²) < 4.78 is 27.7. The van der Waals surface area contributed by atoms with Crippen molar-refractivity contribution in [2.45, 2.75) is 37.7 Å². The number of sulfone groups is 1. The number of carbonyl (C=O) groups excluding carboxylic acids is 1. The minimum absolute atomic E-state index is 0.268. The van der Waals surface area contributed by atoms with Crippen molar-refractivity contribution in [1.82, 2.24) is 5.32 Å². The van der Waals surface area contributed by atoms with Crippen LogP contribution in [0, 0.1) is 11.8 Å². The number of hydrogen-bond donors (Lipinski definition) is 1. The topological polar surface area (TPSA) is 72.5 Å². The predicted octanol–water partition coefficient (Wildman–Crippen LogP) is 2.36. The molecule has 0 aliphatic rings. The van der Waals surface area contributed by atoms with Crippen LogP contribution in [0.25, 0.3) is 0 Å². The van der Waals surface area contributed by atoms with Gasteiger partial charge in [-0.3, -0.25) is 0 Å². The van der Waals surface area contributed by atoms with Gasteiger partial charge in [-0.25, -0.2) is 13.2 Å². The Morgan fingerprint density at radius 2 is 1.82 bits per heavy atom. The first-order chi connectivity index (χ1) is 10.1. The summed E-state index contributed by atoms with van der Waals surface area (Å²) in [6.07, 6.45) is 1.18. The van der Waals surface area contributed by atoms with Gasteiger partial charge >= 0.3 is 6.09 Å². The number of alkyl carbamates (subject to hydrolysis) is 1. The van der Waals surface area contributed by atoms with Crippen molar-refractivity contribution in [3.63, 3.8) is 0 Å². The molecule has 1 rings (SSSR count). The highest BCUT2D eigenvalue weighted by molar-refractivity contribution is 7.90. The first-order valence-corrected chi connectivity index (χ1v) is 8.73. The molecule has 5 nitrogen and oxygen atoms in total. The molecule has 0 aromatic heterocycles. The summed E-state index contributed by atoms with van der Waals surface area (Å²) in [4.78, 5) is 11.7. The molecule has 0 bridgehead atoms. The van der Waals surface area contributed by atoms with Gasteiger partial charge in [0.15, 0.2) is 9.84 Å². The van der Waals surface area contributed by atoms with Crippen molar-refractivity contribution in [1.29, 1.82) is 0 Å².